The third-order valence-electron chi connectivity index (χ3n) is 3.54. The van der Waals surface area contributed by atoms with Gasteiger partial charge in [-0.1, -0.05) is 24.3 Å². The molecule has 2 aromatic rings. The highest BCUT2D eigenvalue weighted by Crippen LogP contribution is 2.14. The molecule has 0 aromatic heterocycles. The molecule has 0 heterocycles. The van der Waals surface area contributed by atoms with E-state index in [1.165, 1.54) is 31.4 Å². The minimum Gasteiger partial charge on any atom is -0.497 e. The molecular formula is C20H16FN3O5. The Kier molecular flexibility index (Phi) is 7.44. The number of nitriles is 1. The Morgan fingerprint density at radius 1 is 1.10 bits per heavy atom. The molecule has 0 atom stereocenters. The van der Waals surface area contributed by atoms with Crippen LogP contribution in [0.2, 0.25) is 0 Å². The summed E-state index contributed by atoms with van der Waals surface area (Å²) in [7, 11) is 1.51. The number of carbonyl (C=O) groups excluding carboxylic acids is 3. The van der Waals surface area contributed by atoms with E-state index in [-0.39, 0.29) is 11.1 Å². The van der Waals surface area contributed by atoms with Crippen molar-refractivity contribution in [1.82, 2.24) is 10.9 Å². The second-order valence-corrected chi connectivity index (χ2v) is 5.50. The number of methoxy groups -OCH3 is 1. The molecule has 0 spiro atoms. The van der Waals surface area contributed by atoms with E-state index in [0.29, 0.717) is 11.3 Å². The van der Waals surface area contributed by atoms with E-state index in [9.17, 15) is 18.8 Å². The van der Waals surface area contributed by atoms with E-state index in [0.717, 1.165) is 6.07 Å². The number of esters is 1. The van der Waals surface area contributed by atoms with Gasteiger partial charge in [0.05, 0.1) is 12.7 Å². The number of ether oxygens (including phenoxy) is 2. The minimum atomic E-state index is -1.01. The summed E-state index contributed by atoms with van der Waals surface area (Å²) in [6.45, 7) is -0.752. The number of hydrogen-bond acceptors (Lipinski definition) is 6. The highest BCUT2D eigenvalue weighted by Gasteiger charge is 2.15. The van der Waals surface area contributed by atoms with Gasteiger partial charge in [0.25, 0.3) is 11.8 Å². The topological polar surface area (TPSA) is 118 Å². The number of nitrogens with one attached hydrogen (secondary N) is 2. The predicted octanol–water partition coefficient (Wildman–Crippen LogP) is 1.75. The molecule has 0 aliphatic rings. The van der Waals surface area contributed by atoms with Gasteiger partial charge < -0.3 is 9.47 Å². The number of carbonyl (C=O) groups is 3. The molecule has 29 heavy (non-hydrogen) atoms. The zero-order valence-corrected chi connectivity index (χ0v) is 15.3. The first kappa shape index (κ1) is 21.1. The summed E-state index contributed by atoms with van der Waals surface area (Å²) in [6.07, 6.45) is 1.29. The smallest absolute Gasteiger partial charge is 0.349 e. The van der Waals surface area contributed by atoms with E-state index in [2.05, 4.69) is 0 Å². The zero-order chi connectivity index (χ0) is 21.2. The third-order valence-corrected chi connectivity index (χ3v) is 3.54. The average molecular weight is 397 g/mol. The summed E-state index contributed by atoms with van der Waals surface area (Å²) in [5, 5.41) is 9.12. The van der Waals surface area contributed by atoms with Crippen molar-refractivity contribution in [3.05, 3.63) is 71.0 Å². The molecule has 0 bridgehead atoms. The Labute approximate surface area is 165 Å². The van der Waals surface area contributed by atoms with Gasteiger partial charge >= 0.3 is 5.97 Å². The highest BCUT2D eigenvalue weighted by atomic mass is 19.1. The van der Waals surface area contributed by atoms with Crippen molar-refractivity contribution >= 4 is 23.9 Å². The van der Waals surface area contributed by atoms with Crippen molar-refractivity contribution in [2.45, 2.75) is 0 Å². The molecule has 0 fully saturated rings. The normalized spacial score (nSPS) is 10.4. The summed E-state index contributed by atoms with van der Waals surface area (Å²) >= 11 is 0. The summed E-state index contributed by atoms with van der Waals surface area (Å²) in [4.78, 5) is 35.4. The molecular weight excluding hydrogens is 381 g/mol. The van der Waals surface area contributed by atoms with Crippen LogP contribution in [0.25, 0.3) is 6.08 Å². The molecule has 0 unspecified atom stereocenters. The van der Waals surface area contributed by atoms with Gasteiger partial charge in [-0.15, -0.1) is 0 Å². The maximum Gasteiger partial charge on any atom is 0.349 e. The lowest BCUT2D eigenvalue weighted by Crippen LogP contribution is -2.43. The van der Waals surface area contributed by atoms with Crippen molar-refractivity contribution in [3.8, 4) is 11.8 Å². The fraction of sp³-hybridized carbons (Fsp3) is 0.100. The first-order valence-corrected chi connectivity index (χ1v) is 8.21. The molecule has 0 saturated heterocycles. The van der Waals surface area contributed by atoms with E-state index < -0.39 is 30.2 Å². The first-order valence-electron chi connectivity index (χ1n) is 8.21. The molecule has 9 heteroatoms. The van der Waals surface area contributed by atoms with Gasteiger partial charge in [-0.3, -0.25) is 20.4 Å². The van der Waals surface area contributed by atoms with E-state index in [1.54, 1.807) is 30.3 Å². The second kappa shape index (κ2) is 10.2. The second-order valence-electron chi connectivity index (χ2n) is 5.50. The lowest BCUT2D eigenvalue weighted by Gasteiger charge is -2.08. The van der Waals surface area contributed by atoms with Crippen LogP contribution in [0, 0.1) is 17.1 Å². The van der Waals surface area contributed by atoms with Gasteiger partial charge in [0.1, 0.15) is 23.2 Å². The van der Waals surface area contributed by atoms with Crippen molar-refractivity contribution in [2.24, 2.45) is 0 Å². The first-order chi connectivity index (χ1) is 13.9. The quantitative estimate of drug-likeness (QED) is 0.332. The van der Waals surface area contributed by atoms with E-state index >= 15 is 0 Å². The average Bonchev–Trinajstić information content (AvgIpc) is 2.74. The van der Waals surface area contributed by atoms with Gasteiger partial charge in [-0.2, -0.15) is 5.26 Å². The molecule has 2 rings (SSSR count). The van der Waals surface area contributed by atoms with E-state index in [1.807, 2.05) is 10.9 Å². The standard InChI is InChI=1S/C20H16FN3O5/c1-28-15-8-6-13(7-9-15)10-14(11-22)20(27)29-12-18(25)23-24-19(26)16-4-2-3-5-17(16)21/h2-10H,12H2,1H3,(H,23,25)(H,24,26)/b14-10+. The number of benzene rings is 2. The maximum absolute atomic E-state index is 13.5. The molecule has 2 aromatic carbocycles. The Hall–Kier alpha value is -4.19. The predicted molar refractivity (Wildman–Crippen MR) is 99.6 cm³/mol. The number of hydrazine groups is 1. The van der Waals surface area contributed by atoms with Crippen LogP contribution in [0.1, 0.15) is 15.9 Å². The molecule has 0 radical (unpaired) electrons. The number of hydrogen-bond donors (Lipinski definition) is 2. The monoisotopic (exact) mass is 397 g/mol. The summed E-state index contributed by atoms with van der Waals surface area (Å²) in [5.74, 6) is -2.91. The molecule has 8 nitrogen and oxygen atoms in total. The fourth-order valence-electron chi connectivity index (χ4n) is 2.09. The van der Waals surface area contributed by atoms with Crippen LogP contribution in [0.3, 0.4) is 0 Å². The van der Waals surface area contributed by atoms with Crippen LogP contribution in [0.15, 0.2) is 54.1 Å². The third kappa shape index (κ3) is 6.18. The van der Waals surface area contributed by atoms with Gasteiger partial charge in [-0.25, -0.2) is 9.18 Å². The molecule has 148 valence electrons. The Morgan fingerprint density at radius 2 is 1.79 bits per heavy atom. The van der Waals surface area contributed by atoms with Gasteiger partial charge in [-0.05, 0) is 35.9 Å². The molecule has 0 saturated carbocycles. The molecule has 0 aliphatic carbocycles. The van der Waals surface area contributed by atoms with Crippen molar-refractivity contribution < 1.29 is 28.2 Å². The van der Waals surface area contributed by atoms with Crippen molar-refractivity contribution in [1.29, 1.82) is 5.26 Å². The van der Waals surface area contributed by atoms with Crippen LogP contribution in [-0.4, -0.2) is 31.5 Å². The Balaban J connectivity index is 1.87. The maximum atomic E-state index is 13.5. The number of rotatable bonds is 6. The van der Waals surface area contributed by atoms with Gasteiger partial charge in [0.2, 0.25) is 0 Å². The fourth-order valence-corrected chi connectivity index (χ4v) is 2.09. The Morgan fingerprint density at radius 3 is 2.41 bits per heavy atom. The molecule has 2 N–H and O–H groups in total. The Bertz CT molecular complexity index is 980. The van der Waals surface area contributed by atoms with Crippen molar-refractivity contribution in [3.63, 3.8) is 0 Å². The van der Waals surface area contributed by atoms with Gasteiger partial charge in [0.15, 0.2) is 6.61 Å². The molecule has 0 aliphatic heterocycles. The van der Waals surface area contributed by atoms with E-state index in [4.69, 9.17) is 14.7 Å². The summed E-state index contributed by atoms with van der Waals surface area (Å²) < 4.78 is 23.2. The zero-order valence-electron chi connectivity index (χ0n) is 15.3. The van der Waals surface area contributed by atoms with Crippen LogP contribution < -0.4 is 15.6 Å². The largest absolute Gasteiger partial charge is 0.497 e. The van der Waals surface area contributed by atoms with Crippen LogP contribution in [0.5, 0.6) is 5.75 Å². The summed E-state index contributed by atoms with van der Waals surface area (Å²) in [6, 6.07) is 13.5. The highest BCUT2D eigenvalue weighted by molar-refractivity contribution is 5.99. The van der Waals surface area contributed by atoms with Crippen molar-refractivity contribution in [2.75, 3.05) is 13.7 Å². The number of nitrogens with zero attached hydrogens (tertiary/aromatic N) is 1. The van der Waals surface area contributed by atoms with Crippen LogP contribution in [0.4, 0.5) is 4.39 Å². The lowest BCUT2D eigenvalue weighted by molar-refractivity contribution is -0.144. The SMILES string of the molecule is COc1ccc(/C=C(\C#N)C(=O)OCC(=O)NNC(=O)c2ccccc2F)cc1. The summed E-state index contributed by atoms with van der Waals surface area (Å²) in [5.41, 5.74) is 3.95. The lowest BCUT2D eigenvalue weighted by atomic mass is 10.1. The number of amides is 2. The molecule has 2 amide bonds. The number of halogens is 1. The van der Waals surface area contributed by atoms with Gasteiger partial charge in [0, 0.05) is 0 Å². The minimum absolute atomic E-state index is 0.265. The van der Waals surface area contributed by atoms with Crippen LogP contribution >= 0.6 is 0 Å². The van der Waals surface area contributed by atoms with Crippen LogP contribution in [-0.2, 0) is 14.3 Å².